The van der Waals surface area contributed by atoms with Gasteiger partial charge in [0.1, 0.15) is 11.3 Å². The monoisotopic (exact) mass is 244 g/mol. The second-order valence-electron chi connectivity index (χ2n) is 3.51. The Morgan fingerprint density at radius 2 is 2.31 bits per heavy atom. The van der Waals surface area contributed by atoms with E-state index in [1.807, 2.05) is 6.92 Å². The molecule has 0 fully saturated rings. The number of ether oxygens (including phenoxy) is 1. The quantitative estimate of drug-likeness (QED) is 0.803. The van der Waals surface area contributed by atoms with Crippen LogP contribution < -0.4 is 0 Å². The van der Waals surface area contributed by atoms with Gasteiger partial charge in [0.25, 0.3) is 0 Å². The third-order valence-electron chi connectivity index (χ3n) is 2.31. The SMILES string of the molecule is COC(=O)c1ccoc1CS[C@H](C)[C@H](C)O. The van der Waals surface area contributed by atoms with Crippen molar-refractivity contribution in [2.45, 2.75) is 31.0 Å². The van der Waals surface area contributed by atoms with Crippen LogP contribution in [0.2, 0.25) is 0 Å². The minimum atomic E-state index is -0.394. The van der Waals surface area contributed by atoms with Gasteiger partial charge in [-0.25, -0.2) is 4.79 Å². The van der Waals surface area contributed by atoms with Crippen LogP contribution in [0.15, 0.2) is 16.7 Å². The molecule has 16 heavy (non-hydrogen) atoms. The standard InChI is InChI=1S/C11H16O4S/c1-7(12)8(2)16-6-10-9(4-5-15-10)11(13)14-3/h4-5,7-8,12H,6H2,1-3H3/t7-,8+/m0/s1. The normalized spacial score (nSPS) is 14.5. The Labute approximate surface area is 99.0 Å². The van der Waals surface area contributed by atoms with Crippen molar-refractivity contribution in [1.82, 2.24) is 0 Å². The maximum Gasteiger partial charge on any atom is 0.341 e. The Bertz CT molecular complexity index is 346. The summed E-state index contributed by atoms with van der Waals surface area (Å²) in [7, 11) is 1.34. The molecule has 90 valence electrons. The number of methoxy groups -OCH3 is 1. The van der Waals surface area contributed by atoms with Crippen LogP contribution in [0.4, 0.5) is 0 Å². The van der Waals surface area contributed by atoms with E-state index in [0.29, 0.717) is 17.1 Å². The predicted octanol–water partition coefficient (Wildman–Crippen LogP) is 2.07. The number of thioether (sulfide) groups is 1. The van der Waals surface area contributed by atoms with E-state index in [1.54, 1.807) is 13.0 Å². The molecule has 0 aliphatic carbocycles. The highest BCUT2D eigenvalue weighted by Gasteiger charge is 2.17. The highest BCUT2D eigenvalue weighted by Crippen LogP contribution is 2.23. The number of furan rings is 1. The van der Waals surface area contributed by atoms with Gasteiger partial charge < -0.3 is 14.3 Å². The first kappa shape index (κ1) is 13.1. The Balaban J connectivity index is 2.61. The molecule has 0 bridgehead atoms. The van der Waals surface area contributed by atoms with E-state index < -0.39 is 5.97 Å². The average Bonchev–Trinajstić information content (AvgIpc) is 2.72. The van der Waals surface area contributed by atoms with Crippen LogP contribution in [0.3, 0.4) is 0 Å². The van der Waals surface area contributed by atoms with Gasteiger partial charge in [-0.15, -0.1) is 11.8 Å². The molecule has 1 aromatic rings. The van der Waals surface area contributed by atoms with Crippen LogP contribution in [0.1, 0.15) is 30.0 Å². The van der Waals surface area contributed by atoms with Gasteiger partial charge in [0, 0.05) is 5.25 Å². The van der Waals surface area contributed by atoms with Crippen molar-refractivity contribution in [3.63, 3.8) is 0 Å². The third kappa shape index (κ3) is 3.28. The van der Waals surface area contributed by atoms with Crippen LogP contribution in [0.5, 0.6) is 0 Å². The number of hydrogen-bond acceptors (Lipinski definition) is 5. The lowest BCUT2D eigenvalue weighted by Crippen LogP contribution is -2.15. The zero-order chi connectivity index (χ0) is 12.1. The smallest absolute Gasteiger partial charge is 0.341 e. The van der Waals surface area contributed by atoms with Crippen LogP contribution >= 0.6 is 11.8 Å². The Morgan fingerprint density at radius 1 is 1.62 bits per heavy atom. The summed E-state index contributed by atoms with van der Waals surface area (Å²) in [5.74, 6) is 0.738. The first-order valence-corrected chi connectivity index (χ1v) is 6.05. The number of rotatable bonds is 5. The van der Waals surface area contributed by atoms with Crippen LogP contribution in [-0.4, -0.2) is 29.5 Å². The lowest BCUT2D eigenvalue weighted by atomic mass is 10.3. The van der Waals surface area contributed by atoms with Crippen molar-refractivity contribution in [1.29, 1.82) is 0 Å². The Morgan fingerprint density at radius 3 is 2.88 bits per heavy atom. The summed E-state index contributed by atoms with van der Waals surface area (Å²) in [5.41, 5.74) is 0.452. The fourth-order valence-corrected chi connectivity index (χ4v) is 2.01. The van der Waals surface area contributed by atoms with Gasteiger partial charge in [-0.1, -0.05) is 6.92 Å². The number of aliphatic hydroxyl groups excluding tert-OH is 1. The van der Waals surface area contributed by atoms with Crippen molar-refractivity contribution in [2.75, 3.05) is 7.11 Å². The predicted molar refractivity (Wildman–Crippen MR) is 62.5 cm³/mol. The molecule has 0 saturated heterocycles. The minimum Gasteiger partial charge on any atom is -0.468 e. The van der Waals surface area contributed by atoms with Crippen molar-refractivity contribution in [3.05, 3.63) is 23.7 Å². The molecule has 0 aliphatic rings. The molecule has 0 saturated carbocycles. The van der Waals surface area contributed by atoms with E-state index in [4.69, 9.17) is 4.42 Å². The molecule has 1 N–H and O–H groups in total. The molecule has 0 radical (unpaired) electrons. The summed E-state index contributed by atoms with van der Waals surface area (Å²) in [6.07, 6.45) is 1.08. The maximum atomic E-state index is 11.3. The molecule has 0 aliphatic heterocycles. The van der Waals surface area contributed by atoms with Gasteiger partial charge in [0.2, 0.25) is 0 Å². The lowest BCUT2D eigenvalue weighted by molar-refractivity contribution is 0.0598. The van der Waals surface area contributed by atoms with E-state index in [2.05, 4.69) is 4.74 Å². The van der Waals surface area contributed by atoms with Crippen LogP contribution in [0, 0.1) is 0 Å². The minimum absolute atomic E-state index is 0.0931. The zero-order valence-corrected chi connectivity index (χ0v) is 10.4. The maximum absolute atomic E-state index is 11.3. The van der Waals surface area contributed by atoms with Gasteiger partial charge >= 0.3 is 5.97 Å². The Hall–Kier alpha value is -0.940. The molecule has 0 aromatic carbocycles. The van der Waals surface area contributed by atoms with Crippen LogP contribution in [0.25, 0.3) is 0 Å². The summed E-state index contributed by atoms with van der Waals surface area (Å²) in [4.78, 5) is 11.3. The van der Waals surface area contributed by atoms with Crippen molar-refractivity contribution < 1.29 is 19.1 Å². The molecule has 1 rings (SSSR count). The second-order valence-corrected chi connectivity index (χ2v) is 4.87. The summed E-state index contributed by atoms with van der Waals surface area (Å²) in [6.45, 7) is 3.66. The number of hydrogen-bond donors (Lipinski definition) is 1. The highest BCUT2D eigenvalue weighted by atomic mass is 32.2. The zero-order valence-electron chi connectivity index (χ0n) is 9.60. The summed E-state index contributed by atoms with van der Waals surface area (Å²) >= 11 is 1.53. The number of esters is 1. The molecular formula is C11H16O4S. The van der Waals surface area contributed by atoms with Crippen molar-refractivity contribution >= 4 is 17.7 Å². The fraction of sp³-hybridized carbons (Fsp3) is 0.545. The molecule has 0 amide bonds. The lowest BCUT2D eigenvalue weighted by Gasteiger charge is -2.13. The third-order valence-corrected chi connectivity index (χ3v) is 3.66. The van der Waals surface area contributed by atoms with E-state index in [-0.39, 0.29) is 11.4 Å². The van der Waals surface area contributed by atoms with Crippen LogP contribution in [-0.2, 0) is 10.5 Å². The Kier molecular flexibility index (Phi) is 4.89. The molecule has 0 unspecified atom stereocenters. The van der Waals surface area contributed by atoms with Gasteiger partial charge in [0.05, 0.1) is 25.2 Å². The second kappa shape index (κ2) is 5.96. The summed E-state index contributed by atoms with van der Waals surface area (Å²) < 4.78 is 9.85. The molecule has 1 aromatic heterocycles. The molecule has 1 heterocycles. The first-order chi connectivity index (χ1) is 7.56. The molecule has 0 spiro atoms. The summed E-state index contributed by atoms with van der Waals surface area (Å²) in [6, 6.07) is 1.59. The van der Waals surface area contributed by atoms with E-state index in [9.17, 15) is 9.90 Å². The van der Waals surface area contributed by atoms with E-state index >= 15 is 0 Å². The summed E-state index contributed by atoms with van der Waals surface area (Å²) in [5, 5.41) is 9.42. The van der Waals surface area contributed by atoms with Crippen molar-refractivity contribution in [3.8, 4) is 0 Å². The largest absolute Gasteiger partial charge is 0.468 e. The molecule has 4 nitrogen and oxygen atoms in total. The van der Waals surface area contributed by atoms with E-state index in [1.165, 1.54) is 25.1 Å². The average molecular weight is 244 g/mol. The van der Waals surface area contributed by atoms with Gasteiger partial charge in [-0.2, -0.15) is 0 Å². The molecule has 2 atom stereocenters. The number of carbonyl (C=O) groups is 1. The first-order valence-electron chi connectivity index (χ1n) is 5.00. The number of aliphatic hydroxyl groups is 1. The van der Waals surface area contributed by atoms with Gasteiger partial charge in [-0.3, -0.25) is 0 Å². The van der Waals surface area contributed by atoms with Gasteiger partial charge in [0.15, 0.2) is 0 Å². The molecule has 5 heteroatoms. The van der Waals surface area contributed by atoms with E-state index in [0.717, 1.165) is 0 Å². The topological polar surface area (TPSA) is 59.7 Å². The van der Waals surface area contributed by atoms with Gasteiger partial charge in [-0.05, 0) is 13.0 Å². The van der Waals surface area contributed by atoms with Crippen molar-refractivity contribution in [2.24, 2.45) is 0 Å². The fourth-order valence-electron chi connectivity index (χ4n) is 1.09. The molecular weight excluding hydrogens is 228 g/mol. The highest BCUT2D eigenvalue weighted by molar-refractivity contribution is 7.99. The number of carbonyl (C=O) groups excluding carboxylic acids is 1.